The molecule has 1 heterocycles. The summed E-state index contributed by atoms with van der Waals surface area (Å²) in [4.78, 5) is 27.3. The molecule has 8 heteroatoms. The van der Waals surface area contributed by atoms with Crippen LogP contribution in [0.1, 0.15) is 17.2 Å². The molecule has 0 aliphatic carbocycles. The number of para-hydroxylation sites is 1. The van der Waals surface area contributed by atoms with Gasteiger partial charge in [0.2, 0.25) is 0 Å². The van der Waals surface area contributed by atoms with E-state index in [0.717, 1.165) is 0 Å². The fourth-order valence-corrected chi connectivity index (χ4v) is 3.98. The predicted molar refractivity (Wildman–Crippen MR) is 121 cm³/mol. The summed E-state index contributed by atoms with van der Waals surface area (Å²) in [5, 5.41) is 21.4. The maximum Gasteiger partial charge on any atom is 0.300 e. The first-order chi connectivity index (χ1) is 14.8. The van der Waals surface area contributed by atoms with Gasteiger partial charge in [0.1, 0.15) is 11.5 Å². The number of carbonyl (C=O) groups excluding carboxylic acids is 2. The number of benzene rings is 3. The van der Waals surface area contributed by atoms with E-state index in [0.29, 0.717) is 11.3 Å². The van der Waals surface area contributed by atoms with Crippen molar-refractivity contribution in [1.29, 1.82) is 0 Å². The number of amides is 1. The van der Waals surface area contributed by atoms with Crippen LogP contribution >= 0.6 is 34.8 Å². The van der Waals surface area contributed by atoms with Crippen LogP contribution in [0.15, 0.2) is 72.3 Å². The van der Waals surface area contributed by atoms with Crippen molar-refractivity contribution in [1.82, 2.24) is 0 Å². The smallest absolute Gasteiger partial charge is 0.300 e. The first kappa shape index (κ1) is 21.2. The number of hydrogen-bond acceptors (Lipinski definition) is 4. The summed E-state index contributed by atoms with van der Waals surface area (Å²) in [5.41, 5.74) is 1.00. The lowest BCUT2D eigenvalue weighted by molar-refractivity contribution is -0.132. The minimum Gasteiger partial charge on any atom is -0.507 e. The molecule has 0 saturated carbocycles. The molecule has 1 unspecified atom stereocenters. The van der Waals surface area contributed by atoms with Crippen molar-refractivity contribution in [3.05, 3.63) is 98.5 Å². The van der Waals surface area contributed by atoms with Gasteiger partial charge in [0.05, 0.1) is 26.7 Å². The van der Waals surface area contributed by atoms with Crippen LogP contribution in [-0.2, 0) is 9.59 Å². The highest BCUT2D eigenvalue weighted by Crippen LogP contribution is 2.43. The van der Waals surface area contributed by atoms with E-state index in [4.69, 9.17) is 34.8 Å². The average molecular weight is 475 g/mol. The molecule has 5 nitrogen and oxygen atoms in total. The van der Waals surface area contributed by atoms with E-state index in [1.165, 1.54) is 41.3 Å². The van der Waals surface area contributed by atoms with Gasteiger partial charge in [-0.05, 0) is 48.0 Å². The number of phenols is 1. The third kappa shape index (κ3) is 3.76. The monoisotopic (exact) mass is 473 g/mol. The van der Waals surface area contributed by atoms with E-state index < -0.39 is 23.5 Å². The van der Waals surface area contributed by atoms with Crippen molar-refractivity contribution < 1.29 is 19.8 Å². The van der Waals surface area contributed by atoms with Gasteiger partial charge in [-0.3, -0.25) is 14.5 Å². The highest BCUT2D eigenvalue weighted by molar-refractivity contribution is 6.52. The van der Waals surface area contributed by atoms with E-state index in [1.54, 1.807) is 30.3 Å². The van der Waals surface area contributed by atoms with Crippen LogP contribution in [0.3, 0.4) is 0 Å². The molecule has 2 N–H and O–H groups in total. The number of anilines is 1. The maximum absolute atomic E-state index is 13.0. The Kier molecular flexibility index (Phi) is 5.67. The van der Waals surface area contributed by atoms with Gasteiger partial charge in [0, 0.05) is 11.3 Å². The number of aliphatic hydroxyl groups excluding tert-OH is 1. The normalized spacial score (nSPS) is 17.9. The van der Waals surface area contributed by atoms with Crippen molar-refractivity contribution in [2.45, 2.75) is 6.04 Å². The summed E-state index contributed by atoms with van der Waals surface area (Å²) in [7, 11) is 0. The summed E-state index contributed by atoms with van der Waals surface area (Å²) >= 11 is 18.1. The molecule has 1 saturated heterocycles. The van der Waals surface area contributed by atoms with Crippen LogP contribution in [0.4, 0.5) is 5.69 Å². The number of rotatable bonds is 3. The number of phenolic OH excluding ortho intramolecular Hbond substituents is 1. The second-order valence-corrected chi connectivity index (χ2v) is 8.07. The summed E-state index contributed by atoms with van der Waals surface area (Å²) < 4.78 is 0. The van der Waals surface area contributed by atoms with Gasteiger partial charge in [-0.15, -0.1) is 0 Å². The van der Waals surface area contributed by atoms with E-state index in [2.05, 4.69) is 0 Å². The molecule has 0 aromatic heterocycles. The lowest BCUT2D eigenvalue weighted by Gasteiger charge is -2.25. The first-order valence-corrected chi connectivity index (χ1v) is 10.2. The number of ketones is 1. The molecular formula is C23H14Cl3NO4. The lowest BCUT2D eigenvalue weighted by Crippen LogP contribution is -2.29. The molecular weight excluding hydrogens is 461 g/mol. The number of halogens is 3. The van der Waals surface area contributed by atoms with Crippen LogP contribution in [0.25, 0.3) is 5.76 Å². The van der Waals surface area contributed by atoms with Gasteiger partial charge in [0.15, 0.2) is 0 Å². The van der Waals surface area contributed by atoms with Crippen LogP contribution < -0.4 is 4.90 Å². The average Bonchev–Trinajstić information content (AvgIpc) is 3.03. The number of aromatic hydroxyl groups is 1. The number of Topliss-reactive ketones (excluding diaryl/α,β-unsaturated/α-hetero) is 1. The van der Waals surface area contributed by atoms with E-state index in [1.807, 2.05) is 0 Å². The van der Waals surface area contributed by atoms with Gasteiger partial charge in [-0.25, -0.2) is 0 Å². The molecule has 1 amide bonds. The van der Waals surface area contributed by atoms with Gasteiger partial charge >= 0.3 is 0 Å². The van der Waals surface area contributed by atoms with E-state index in [-0.39, 0.29) is 32.0 Å². The Morgan fingerprint density at radius 1 is 0.839 bits per heavy atom. The summed E-state index contributed by atoms with van der Waals surface area (Å²) in [6.45, 7) is 0. The highest BCUT2D eigenvalue weighted by Gasteiger charge is 2.47. The molecule has 1 fully saturated rings. The third-order valence-electron chi connectivity index (χ3n) is 4.96. The van der Waals surface area contributed by atoms with Crippen LogP contribution in [0.5, 0.6) is 5.75 Å². The minimum absolute atomic E-state index is 0.0469. The van der Waals surface area contributed by atoms with Gasteiger partial charge < -0.3 is 10.2 Å². The molecule has 0 spiro atoms. The number of hydrogen-bond donors (Lipinski definition) is 2. The second kappa shape index (κ2) is 8.27. The Morgan fingerprint density at radius 3 is 2.19 bits per heavy atom. The van der Waals surface area contributed by atoms with Crippen LogP contribution in [-0.4, -0.2) is 21.9 Å². The van der Waals surface area contributed by atoms with Crippen molar-refractivity contribution in [2.24, 2.45) is 0 Å². The molecule has 156 valence electrons. The molecule has 3 aromatic rings. The van der Waals surface area contributed by atoms with Crippen molar-refractivity contribution in [3.8, 4) is 5.75 Å². The Labute approximate surface area is 192 Å². The summed E-state index contributed by atoms with van der Waals surface area (Å²) in [6, 6.07) is 16.4. The first-order valence-electron chi connectivity index (χ1n) is 9.09. The molecule has 0 radical (unpaired) electrons. The third-order valence-corrected chi connectivity index (χ3v) is 6.00. The maximum atomic E-state index is 13.0. The molecule has 31 heavy (non-hydrogen) atoms. The largest absolute Gasteiger partial charge is 0.507 e. The Bertz CT molecular complexity index is 1240. The zero-order valence-corrected chi connectivity index (χ0v) is 18.0. The Morgan fingerprint density at radius 2 is 1.55 bits per heavy atom. The van der Waals surface area contributed by atoms with Gasteiger partial charge in [-0.2, -0.15) is 0 Å². The molecule has 1 atom stereocenters. The zero-order chi connectivity index (χ0) is 22.3. The molecule has 0 bridgehead atoms. The quantitative estimate of drug-likeness (QED) is 0.278. The number of carbonyl (C=O) groups is 2. The predicted octanol–water partition coefficient (Wildman–Crippen LogP) is 5.98. The van der Waals surface area contributed by atoms with Crippen molar-refractivity contribution in [2.75, 3.05) is 4.90 Å². The highest BCUT2D eigenvalue weighted by atomic mass is 35.5. The molecule has 1 aliphatic heterocycles. The van der Waals surface area contributed by atoms with Crippen molar-refractivity contribution in [3.63, 3.8) is 0 Å². The SMILES string of the molecule is O=C1C(=O)N(c2ccccc2)C(c2ccc(O)c(Cl)c2)/C1=C(/O)c1ccc(Cl)c(Cl)c1. The second-order valence-electron chi connectivity index (χ2n) is 6.84. The molecule has 4 rings (SSSR count). The van der Waals surface area contributed by atoms with Crippen molar-refractivity contribution >= 4 is 57.9 Å². The Balaban J connectivity index is 1.97. The molecule has 3 aromatic carbocycles. The fraction of sp³-hybridized carbons (Fsp3) is 0.0435. The van der Waals surface area contributed by atoms with Crippen LogP contribution in [0.2, 0.25) is 15.1 Å². The van der Waals surface area contributed by atoms with E-state index in [9.17, 15) is 19.8 Å². The van der Waals surface area contributed by atoms with Gasteiger partial charge in [-0.1, -0.05) is 59.1 Å². The lowest BCUT2D eigenvalue weighted by atomic mass is 9.95. The van der Waals surface area contributed by atoms with Gasteiger partial charge in [0.25, 0.3) is 11.7 Å². The summed E-state index contributed by atoms with van der Waals surface area (Å²) in [5.74, 6) is -2.21. The standard InChI is InChI=1S/C23H14Cl3NO4/c24-15-8-6-13(11-16(15)25)21(29)19-20(12-7-9-18(28)17(26)10-12)27(23(31)22(19)30)14-4-2-1-3-5-14/h1-11,20,28-29H/b21-19-. The Hall–Kier alpha value is -2.99. The fourth-order valence-electron chi connectivity index (χ4n) is 3.49. The van der Waals surface area contributed by atoms with Crippen LogP contribution in [0, 0.1) is 0 Å². The topological polar surface area (TPSA) is 77.8 Å². The minimum atomic E-state index is -0.977. The molecule has 1 aliphatic rings. The number of aliphatic hydroxyl groups is 1. The number of nitrogens with zero attached hydrogens (tertiary/aromatic N) is 1. The summed E-state index contributed by atoms with van der Waals surface area (Å²) in [6.07, 6.45) is 0. The van der Waals surface area contributed by atoms with E-state index >= 15 is 0 Å². The zero-order valence-electron chi connectivity index (χ0n) is 15.7.